The van der Waals surface area contributed by atoms with E-state index >= 15 is 0 Å². The maximum Gasteiger partial charge on any atom is 0.407 e. The van der Waals surface area contributed by atoms with Gasteiger partial charge in [-0.15, -0.1) is 0 Å². The number of hydrogen-bond acceptors (Lipinski definition) is 3. The largest absolute Gasteiger partial charge is 0.444 e. The lowest BCUT2D eigenvalue weighted by molar-refractivity contribution is 0.0523. The monoisotopic (exact) mass is 297 g/mol. The van der Waals surface area contributed by atoms with E-state index in [4.69, 9.17) is 17.0 Å². The maximum absolute atomic E-state index is 13.7. The number of hydrogen-bond donors (Lipinski definition) is 1. The fourth-order valence-electron chi connectivity index (χ4n) is 1.63. The third kappa shape index (κ3) is 6.10. The molecule has 110 valence electrons. The van der Waals surface area contributed by atoms with Crippen LogP contribution >= 0.6 is 12.2 Å². The fourth-order valence-corrected chi connectivity index (χ4v) is 1.74. The van der Waals surface area contributed by atoms with E-state index in [-0.39, 0.29) is 12.4 Å². The molecule has 1 rings (SSSR count). The van der Waals surface area contributed by atoms with Crippen LogP contribution in [0, 0.1) is 5.82 Å². The summed E-state index contributed by atoms with van der Waals surface area (Å²) in [7, 11) is 0. The van der Waals surface area contributed by atoms with Crippen molar-refractivity contribution in [1.29, 1.82) is 0 Å². The van der Waals surface area contributed by atoms with E-state index in [1.165, 1.54) is 6.07 Å². The molecule has 0 atom stereocenters. The molecule has 0 fully saturated rings. The number of alkyl carbamates (subject to hydrolysis) is 1. The average Bonchev–Trinajstić information content (AvgIpc) is 2.34. The van der Waals surface area contributed by atoms with Crippen LogP contribution in [-0.2, 0) is 17.7 Å². The summed E-state index contributed by atoms with van der Waals surface area (Å²) in [5.74, 6) is -0.341. The van der Waals surface area contributed by atoms with Crippen LogP contribution in [0.5, 0.6) is 0 Å². The first-order valence-electron chi connectivity index (χ1n) is 6.49. The summed E-state index contributed by atoms with van der Waals surface area (Å²) in [5.41, 5.74) is 0.871. The van der Waals surface area contributed by atoms with Crippen molar-refractivity contribution in [3.05, 3.63) is 35.1 Å². The van der Waals surface area contributed by atoms with Crippen molar-refractivity contribution in [2.75, 3.05) is 0 Å². The Bertz CT molecular complexity index is 483. The van der Waals surface area contributed by atoms with Crippen molar-refractivity contribution in [3.63, 3.8) is 0 Å². The van der Waals surface area contributed by atoms with Crippen molar-refractivity contribution in [2.24, 2.45) is 0 Å². The molecule has 0 unspecified atom stereocenters. The molecule has 1 N–H and O–H groups in total. The predicted molar refractivity (Wildman–Crippen MR) is 81.4 cm³/mol. The molecule has 0 radical (unpaired) electrons. The molecule has 0 bridgehead atoms. The number of aryl methyl sites for hydroxylation is 1. The minimum Gasteiger partial charge on any atom is -0.444 e. The first-order valence-corrected chi connectivity index (χ1v) is 6.97. The van der Waals surface area contributed by atoms with Crippen molar-refractivity contribution in [2.45, 2.75) is 45.8 Å². The van der Waals surface area contributed by atoms with Crippen LogP contribution in [-0.4, -0.2) is 17.1 Å². The highest BCUT2D eigenvalue weighted by Crippen LogP contribution is 2.13. The van der Waals surface area contributed by atoms with Gasteiger partial charge in [0.15, 0.2) is 0 Å². The number of amides is 1. The van der Waals surface area contributed by atoms with Gasteiger partial charge in [0.25, 0.3) is 0 Å². The lowest BCUT2D eigenvalue weighted by Crippen LogP contribution is -2.32. The van der Waals surface area contributed by atoms with E-state index in [0.29, 0.717) is 5.56 Å². The molecule has 0 aromatic heterocycles. The summed E-state index contributed by atoms with van der Waals surface area (Å²) in [4.78, 5) is 11.5. The first kappa shape index (κ1) is 16.6. The standard InChI is InChI=1S/C15H20FNO2S/c1-15(2,3)19-14(18)17-10-12-9-11(5-4-8-20)6-7-13(12)16/h6-9H,4-5,10H2,1-3H3,(H,17,18). The number of nitrogens with one attached hydrogen (secondary N) is 1. The van der Waals surface area contributed by atoms with E-state index in [2.05, 4.69) is 5.32 Å². The highest BCUT2D eigenvalue weighted by molar-refractivity contribution is 7.78. The Morgan fingerprint density at radius 2 is 2.15 bits per heavy atom. The number of carbonyl (C=O) groups is 1. The molecule has 1 amide bonds. The second kappa shape index (κ2) is 7.33. The lowest BCUT2D eigenvalue weighted by atomic mass is 10.1. The van der Waals surface area contributed by atoms with Crippen LogP contribution in [0.3, 0.4) is 0 Å². The molecule has 3 nitrogen and oxygen atoms in total. The molecule has 1 aromatic carbocycles. The molecule has 0 heterocycles. The normalized spacial score (nSPS) is 11.0. The minimum atomic E-state index is -0.566. The molecule has 0 spiro atoms. The second-order valence-electron chi connectivity index (χ2n) is 5.49. The molecule has 0 saturated heterocycles. The quantitative estimate of drug-likeness (QED) is 0.841. The number of carbonyl (C=O) groups excluding carboxylic acids is 1. The van der Waals surface area contributed by atoms with Gasteiger partial charge in [0, 0.05) is 12.1 Å². The zero-order valence-electron chi connectivity index (χ0n) is 12.0. The molecule has 0 saturated carbocycles. The average molecular weight is 297 g/mol. The smallest absolute Gasteiger partial charge is 0.407 e. The Labute approximate surface area is 124 Å². The Morgan fingerprint density at radius 1 is 1.45 bits per heavy atom. The topological polar surface area (TPSA) is 38.3 Å². The number of halogens is 1. The Kier molecular flexibility index (Phi) is 6.07. The van der Waals surface area contributed by atoms with Crippen LogP contribution in [0.2, 0.25) is 0 Å². The highest BCUT2D eigenvalue weighted by atomic mass is 32.1. The van der Waals surface area contributed by atoms with Crippen LogP contribution in [0.1, 0.15) is 38.3 Å². The van der Waals surface area contributed by atoms with Crippen LogP contribution < -0.4 is 5.32 Å². The zero-order valence-corrected chi connectivity index (χ0v) is 12.8. The van der Waals surface area contributed by atoms with E-state index in [9.17, 15) is 9.18 Å². The summed E-state index contributed by atoms with van der Waals surface area (Å²) < 4.78 is 18.8. The van der Waals surface area contributed by atoms with Gasteiger partial charge in [0.05, 0.1) is 0 Å². The minimum absolute atomic E-state index is 0.103. The molecule has 5 heteroatoms. The Hall–Kier alpha value is -1.49. The number of thiocarbonyl (C=S) groups is 1. The van der Waals surface area contributed by atoms with E-state index in [1.807, 2.05) is 0 Å². The third-order valence-electron chi connectivity index (χ3n) is 2.48. The molecule has 20 heavy (non-hydrogen) atoms. The van der Waals surface area contributed by atoms with E-state index in [0.717, 1.165) is 18.4 Å². The van der Waals surface area contributed by atoms with Gasteiger partial charge in [-0.1, -0.05) is 24.4 Å². The van der Waals surface area contributed by atoms with Gasteiger partial charge in [-0.05, 0) is 50.6 Å². The SMILES string of the molecule is CC(C)(C)OC(=O)NCc1cc(CCC=S)ccc1F. The Balaban J connectivity index is 2.62. The summed E-state index contributed by atoms with van der Waals surface area (Å²) in [6, 6.07) is 4.88. The summed E-state index contributed by atoms with van der Waals surface area (Å²) in [6.45, 7) is 5.43. The van der Waals surface area contributed by atoms with Gasteiger partial charge < -0.3 is 10.1 Å². The first-order chi connectivity index (χ1) is 9.31. The van der Waals surface area contributed by atoms with Crippen LogP contribution in [0.4, 0.5) is 9.18 Å². The van der Waals surface area contributed by atoms with E-state index < -0.39 is 11.7 Å². The van der Waals surface area contributed by atoms with Crippen molar-refractivity contribution in [1.82, 2.24) is 5.32 Å². The zero-order chi connectivity index (χ0) is 15.2. The molecular formula is C15H20FNO2S. The Morgan fingerprint density at radius 3 is 2.75 bits per heavy atom. The fraction of sp³-hybridized carbons (Fsp3) is 0.467. The van der Waals surface area contributed by atoms with Crippen LogP contribution in [0.15, 0.2) is 18.2 Å². The van der Waals surface area contributed by atoms with Crippen molar-refractivity contribution < 1.29 is 13.9 Å². The number of ether oxygens (including phenoxy) is 1. The van der Waals surface area contributed by atoms with Crippen molar-refractivity contribution in [3.8, 4) is 0 Å². The number of rotatable bonds is 5. The van der Waals surface area contributed by atoms with Gasteiger partial charge in [0.2, 0.25) is 0 Å². The van der Waals surface area contributed by atoms with E-state index in [1.54, 1.807) is 38.3 Å². The molecule has 0 aliphatic rings. The van der Waals surface area contributed by atoms with Gasteiger partial charge in [-0.3, -0.25) is 0 Å². The maximum atomic E-state index is 13.7. The summed E-state index contributed by atoms with van der Waals surface area (Å²) in [5, 5.41) is 4.20. The summed E-state index contributed by atoms with van der Waals surface area (Å²) in [6.07, 6.45) is 0.976. The second-order valence-corrected chi connectivity index (χ2v) is 5.82. The molecule has 0 aliphatic carbocycles. The van der Waals surface area contributed by atoms with Gasteiger partial charge in [0.1, 0.15) is 11.4 Å². The molecular weight excluding hydrogens is 277 g/mol. The van der Waals surface area contributed by atoms with Gasteiger partial charge in [-0.2, -0.15) is 0 Å². The predicted octanol–water partition coefficient (Wildman–Crippen LogP) is 3.78. The van der Waals surface area contributed by atoms with Crippen molar-refractivity contribution >= 4 is 23.7 Å². The molecule has 0 aliphatic heterocycles. The van der Waals surface area contributed by atoms with Crippen LogP contribution in [0.25, 0.3) is 0 Å². The van der Waals surface area contributed by atoms with Gasteiger partial charge in [-0.25, -0.2) is 9.18 Å². The lowest BCUT2D eigenvalue weighted by Gasteiger charge is -2.19. The summed E-state index contributed by atoms with van der Waals surface area (Å²) >= 11 is 4.77. The highest BCUT2D eigenvalue weighted by Gasteiger charge is 2.16. The third-order valence-corrected chi connectivity index (χ3v) is 2.72. The number of benzene rings is 1. The molecule has 1 aromatic rings. The van der Waals surface area contributed by atoms with Gasteiger partial charge >= 0.3 is 6.09 Å².